The Morgan fingerprint density at radius 1 is 1.22 bits per heavy atom. The highest BCUT2D eigenvalue weighted by Crippen LogP contribution is 2.35. The highest BCUT2D eigenvalue weighted by atomic mass is 32.2. The van der Waals surface area contributed by atoms with Crippen molar-refractivity contribution >= 4 is 24.2 Å². The molecule has 5 nitrogen and oxygen atoms in total. The second kappa shape index (κ2) is 15.2. The smallest absolute Gasteiger partial charge is 0.313 e. The molecular weight excluding hydrogens is 438 g/mol. The van der Waals surface area contributed by atoms with Crippen LogP contribution in [0.1, 0.15) is 64.5 Å². The summed E-state index contributed by atoms with van der Waals surface area (Å²) in [6.45, 7) is 7.71. The standard InChI is InChI=1S/C23H36F2O3S.CH2O2/c1-5-18(20(24)25)14-17-8-6-9-19(15-17)23(4,21(27)28)11-7-10-22(2,3)16-29-13-12-26;2-1-3/h6,8-9,15,18,20,26H,5,7,10-14,16H2,1-4H3,(H,27,28);1H,(H,2,3). The third-order valence-corrected chi connectivity index (χ3v) is 7.13. The van der Waals surface area contributed by atoms with Crippen LogP contribution in [0.5, 0.6) is 0 Å². The lowest BCUT2D eigenvalue weighted by Gasteiger charge is -2.29. The number of aliphatic hydroxyl groups is 1. The molecule has 3 N–H and O–H groups in total. The summed E-state index contributed by atoms with van der Waals surface area (Å²) in [5, 5.41) is 25.8. The molecule has 0 spiro atoms. The van der Waals surface area contributed by atoms with Crippen LogP contribution in [0.2, 0.25) is 0 Å². The van der Waals surface area contributed by atoms with Crippen molar-refractivity contribution in [1.82, 2.24) is 0 Å². The number of carboxylic acids is 1. The number of aliphatic carboxylic acids is 1. The van der Waals surface area contributed by atoms with Crippen LogP contribution in [-0.4, -0.2) is 52.3 Å². The van der Waals surface area contributed by atoms with Gasteiger partial charge in [-0.05, 0) is 54.9 Å². The average Bonchev–Trinajstić information content (AvgIpc) is 2.72. The van der Waals surface area contributed by atoms with E-state index >= 15 is 0 Å². The Hall–Kier alpha value is -1.67. The average molecular weight is 477 g/mol. The maximum atomic E-state index is 13.1. The Kier molecular flexibility index (Phi) is 14.4. The van der Waals surface area contributed by atoms with Crippen molar-refractivity contribution in [2.45, 2.75) is 71.6 Å². The fourth-order valence-corrected chi connectivity index (χ4v) is 4.51. The van der Waals surface area contributed by atoms with E-state index in [4.69, 9.17) is 15.0 Å². The number of carbonyl (C=O) groups is 2. The molecule has 0 saturated heterocycles. The van der Waals surface area contributed by atoms with Gasteiger partial charge in [-0.2, -0.15) is 11.8 Å². The van der Waals surface area contributed by atoms with Crippen molar-refractivity contribution in [3.63, 3.8) is 0 Å². The molecule has 2 unspecified atom stereocenters. The van der Waals surface area contributed by atoms with E-state index in [1.165, 1.54) is 0 Å². The number of aliphatic hydroxyl groups excluding tert-OH is 1. The van der Waals surface area contributed by atoms with Gasteiger partial charge < -0.3 is 15.3 Å². The molecule has 0 fully saturated rings. The molecule has 0 saturated carbocycles. The topological polar surface area (TPSA) is 94.8 Å². The second-order valence-corrected chi connectivity index (χ2v) is 10.0. The maximum Gasteiger partial charge on any atom is 0.313 e. The van der Waals surface area contributed by atoms with Crippen LogP contribution in [0, 0.1) is 11.3 Å². The van der Waals surface area contributed by atoms with Crippen molar-refractivity contribution in [1.29, 1.82) is 0 Å². The number of hydrogen-bond donors (Lipinski definition) is 3. The molecule has 0 radical (unpaired) electrons. The Labute approximate surface area is 194 Å². The van der Waals surface area contributed by atoms with E-state index < -0.39 is 23.7 Å². The third kappa shape index (κ3) is 10.8. The minimum absolute atomic E-state index is 0.0622. The quantitative estimate of drug-likeness (QED) is 0.243. The van der Waals surface area contributed by atoms with Gasteiger partial charge in [0.05, 0.1) is 12.0 Å². The van der Waals surface area contributed by atoms with Crippen molar-refractivity contribution < 1.29 is 33.7 Å². The van der Waals surface area contributed by atoms with E-state index in [0.717, 1.165) is 24.2 Å². The van der Waals surface area contributed by atoms with Gasteiger partial charge >= 0.3 is 5.97 Å². The van der Waals surface area contributed by atoms with E-state index in [1.807, 2.05) is 0 Å². The van der Waals surface area contributed by atoms with Crippen molar-refractivity contribution in [3.8, 4) is 0 Å². The van der Waals surface area contributed by atoms with E-state index in [0.29, 0.717) is 24.2 Å². The minimum Gasteiger partial charge on any atom is -0.483 e. The molecule has 0 aromatic heterocycles. The molecule has 1 rings (SSSR count). The molecule has 0 bridgehead atoms. The van der Waals surface area contributed by atoms with Gasteiger partial charge in [0.1, 0.15) is 0 Å². The molecule has 0 heterocycles. The van der Waals surface area contributed by atoms with E-state index in [-0.39, 0.29) is 24.9 Å². The zero-order valence-corrected chi connectivity index (χ0v) is 20.3. The molecule has 0 aliphatic carbocycles. The number of thioether (sulfide) groups is 1. The lowest BCUT2D eigenvalue weighted by molar-refractivity contribution is -0.143. The van der Waals surface area contributed by atoms with Crippen LogP contribution < -0.4 is 0 Å². The van der Waals surface area contributed by atoms with E-state index in [1.54, 1.807) is 49.9 Å². The van der Waals surface area contributed by atoms with Crippen molar-refractivity contribution in [2.24, 2.45) is 11.3 Å². The van der Waals surface area contributed by atoms with Gasteiger partial charge in [-0.25, -0.2) is 8.78 Å². The van der Waals surface area contributed by atoms with Crippen LogP contribution >= 0.6 is 11.8 Å². The van der Waals surface area contributed by atoms with Gasteiger partial charge in [-0.1, -0.05) is 51.5 Å². The minimum atomic E-state index is -2.37. The fourth-order valence-electron chi connectivity index (χ4n) is 3.54. The van der Waals surface area contributed by atoms with Gasteiger partial charge in [-0.3, -0.25) is 9.59 Å². The van der Waals surface area contributed by atoms with Crippen LogP contribution in [0.25, 0.3) is 0 Å². The molecule has 8 heteroatoms. The molecule has 0 aliphatic heterocycles. The predicted molar refractivity (Wildman–Crippen MR) is 126 cm³/mol. The zero-order valence-electron chi connectivity index (χ0n) is 19.5. The molecule has 184 valence electrons. The lowest BCUT2D eigenvalue weighted by atomic mass is 9.75. The summed E-state index contributed by atoms with van der Waals surface area (Å²) in [5.74, 6) is 0.0285. The Morgan fingerprint density at radius 3 is 2.34 bits per heavy atom. The lowest BCUT2D eigenvalue weighted by Crippen LogP contribution is -2.33. The first-order valence-electron chi connectivity index (χ1n) is 10.8. The first-order chi connectivity index (χ1) is 15.0. The summed E-state index contributed by atoms with van der Waals surface area (Å²) < 4.78 is 26.3. The highest BCUT2D eigenvalue weighted by Gasteiger charge is 2.35. The Balaban J connectivity index is 0.00000302. The van der Waals surface area contributed by atoms with Gasteiger partial charge in [0.25, 0.3) is 6.47 Å². The van der Waals surface area contributed by atoms with Gasteiger partial charge in [0.15, 0.2) is 0 Å². The largest absolute Gasteiger partial charge is 0.483 e. The molecule has 2 atom stereocenters. The molecule has 32 heavy (non-hydrogen) atoms. The van der Waals surface area contributed by atoms with Gasteiger partial charge in [0, 0.05) is 11.7 Å². The summed E-state index contributed by atoms with van der Waals surface area (Å²) >= 11 is 1.71. The summed E-state index contributed by atoms with van der Waals surface area (Å²) in [5.41, 5.74) is 0.464. The Morgan fingerprint density at radius 2 is 1.84 bits per heavy atom. The Bertz CT molecular complexity index is 684. The molecule has 1 aromatic carbocycles. The van der Waals surface area contributed by atoms with Gasteiger partial charge in [0.2, 0.25) is 6.43 Å². The van der Waals surface area contributed by atoms with E-state index in [9.17, 15) is 18.7 Å². The SMILES string of the molecule is CCC(Cc1cccc(C(C)(CCCC(C)(C)CSCCO)C(=O)O)c1)C(F)F.O=CO. The van der Waals surface area contributed by atoms with Crippen LogP contribution in [-0.2, 0) is 21.4 Å². The predicted octanol–water partition coefficient (Wildman–Crippen LogP) is 5.49. The molecular formula is C24H38F2O5S. The maximum absolute atomic E-state index is 13.1. The number of carboxylic acid groups (broad SMARTS) is 2. The summed E-state index contributed by atoms with van der Waals surface area (Å²) in [4.78, 5) is 20.5. The van der Waals surface area contributed by atoms with Crippen molar-refractivity contribution in [2.75, 3.05) is 18.1 Å². The van der Waals surface area contributed by atoms with Crippen LogP contribution in [0.3, 0.4) is 0 Å². The first-order valence-corrected chi connectivity index (χ1v) is 12.0. The van der Waals surface area contributed by atoms with E-state index in [2.05, 4.69) is 13.8 Å². The first kappa shape index (κ1) is 30.3. The zero-order chi connectivity index (χ0) is 24.8. The fraction of sp³-hybridized carbons (Fsp3) is 0.667. The summed E-state index contributed by atoms with van der Waals surface area (Å²) in [6.07, 6.45) is 0.409. The molecule has 0 aliphatic rings. The summed E-state index contributed by atoms with van der Waals surface area (Å²) in [7, 11) is 0. The second-order valence-electron chi connectivity index (χ2n) is 8.94. The summed E-state index contributed by atoms with van der Waals surface area (Å²) in [6, 6.07) is 7.17. The van der Waals surface area contributed by atoms with Crippen LogP contribution in [0.15, 0.2) is 24.3 Å². The number of alkyl halides is 2. The van der Waals surface area contributed by atoms with Crippen molar-refractivity contribution in [3.05, 3.63) is 35.4 Å². The van der Waals surface area contributed by atoms with Gasteiger partial charge in [-0.15, -0.1) is 0 Å². The number of rotatable bonds is 14. The number of halogens is 2. The monoisotopic (exact) mass is 476 g/mol. The number of benzene rings is 1. The number of hydrogen-bond acceptors (Lipinski definition) is 4. The molecule has 1 aromatic rings. The normalized spacial score (nSPS) is 14.2. The highest BCUT2D eigenvalue weighted by molar-refractivity contribution is 7.99. The van der Waals surface area contributed by atoms with Crippen LogP contribution in [0.4, 0.5) is 8.78 Å². The third-order valence-electron chi connectivity index (χ3n) is 5.67. The molecule has 0 amide bonds.